The van der Waals surface area contributed by atoms with Crippen LogP contribution >= 0.6 is 34.8 Å². The fourth-order valence-electron chi connectivity index (χ4n) is 4.33. The van der Waals surface area contributed by atoms with Crippen molar-refractivity contribution >= 4 is 62.3 Å². The Morgan fingerprint density at radius 2 is 1.56 bits per heavy atom. The normalized spacial score (nSPS) is 12.0. The van der Waals surface area contributed by atoms with Gasteiger partial charge in [0.25, 0.3) is 10.0 Å². The van der Waals surface area contributed by atoms with Crippen LogP contribution in [0.5, 0.6) is 0 Å². The van der Waals surface area contributed by atoms with Gasteiger partial charge in [-0.05, 0) is 73.9 Å². The first-order chi connectivity index (χ1) is 19.5. The van der Waals surface area contributed by atoms with Crippen molar-refractivity contribution in [3.63, 3.8) is 0 Å². The van der Waals surface area contributed by atoms with Gasteiger partial charge in [-0.3, -0.25) is 13.9 Å². The van der Waals surface area contributed by atoms with Gasteiger partial charge in [-0.15, -0.1) is 0 Å². The molecule has 0 saturated heterocycles. The first-order valence-electron chi connectivity index (χ1n) is 13.3. The molecule has 220 valence electrons. The second-order valence-corrected chi connectivity index (χ2v) is 12.7. The Kier molecular flexibility index (Phi) is 11.9. The summed E-state index contributed by atoms with van der Waals surface area (Å²) in [6.45, 7) is 5.45. The lowest BCUT2D eigenvalue weighted by Crippen LogP contribution is -2.52. The Morgan fingerprint density at radius 3 is 2.15 bits per heavy atom. The van der Waals surface area contributed by atoms with Crippen molar-refractivity contribution < 1.29 is 18.0 Å². The van der Waals surface area contributed by atoms with Crippen LogP contribution in [0.2, 0.25) is 15.1 Å². The highest BCUT2D eigenvalue weighted by molar-refractivity contribution is 7.92. The van der Waals surface area contributed by atoms with Crippen LogP contribution in [-0.4, -0.2) is 44.3 Å². The Bertz CT molecular complexity index is 1450. The second-order valence-electron chi connectivity index (χ2n) is 9.60. The molecule has 3 rings (SSSR count). The fraction of sp³-hybridized carbons (Fsp3) is 0.333. The summed E-state index contributed by atoms with van der Waals surface area (Å²) in [4.78, 5) is 28.8. The highest BCUT2D eigenvalue weighted by Gasteiger charge is 2.34. The van der Waals surface area contributed by atoms with Crippen molar-refractivity contribution in [3.8, 4) is 0 Å². The molecule has 11 heteroatoms. The van der Waals surface area contributed by atoms with E-state index in [9.17, 15) is 18.0 Å². The number of hydrogen-bond donors (Lipinski definition) is 1. The molecule has 0 bridgehead atoms. The van der Waals surface area contributed by atoms with Crippen LogP contribution in [0.4, 0.5) is 5.69 Å². The SMILES string of the molecule is CCCCNC(=O)[C@H](CC)N(Cc1c(Cl)cccc1Cl)C(=O)CN(c1cccc(C)c1)S(=O)(=O)c1ccc(Cl)cc1. The number of anilines is 1. The van der Waals surface area contributed by atoms with Crippen molar-refractivity contribution in [3.05, 3.63) is 92.9 Å². The van der Waals surface area contributed by atoms with E-state index in [-0.39, 0.29) is 17.3 Å². The van der Waals surface area contributed by atoms with Gasteiger partial charge in [-0.1, -0.05) is 73.3 Å². The van der Waals surface area contributed by atoms with Gasteiger partial charge in [0, 0.05) is 33.7 Å². The zero-order valence-electron chi connectivity index (χ0n) is 23.2. The lowest BCUT2D eigenvalue weighted by molar-refractivity contribution is -0.140. The number of benzene rings is 3. The van der Waals surface area contributed by atoms with Gasteiger partial charge in [0.2, 0.25) is 11.8 Å². The van der Waals surface area contributed by atoms with Gasteiger partial charge in [0.1, 0.15) is 12.6 Å². The van der Waals surface area contributed by atoms with Gasteiger partial charge in [-0.2, -0.15) is 0 Å². The molecular formula is C30H34Cl3N3O4S. The predicted octanol–water partition coefficient (Wildman–Crippen LogP) is 6.87. The van der Waals surface area contributed by atoms with Gasteiger partial charge in [-0.25, -0.2) is 8.42 Å². The molecule has 7 nitrogen and oxygen atoms in total. The number of carbonyl (C=O) groups is 2. The zero-order valence-corrected chi connectivity index (χ0v) is 26.3. The molecule has 0 aliphatic heterocycles. The maximum Gasteiger partial charge on any atom is 0.264 e. The molecule has 1 N–H and O–H groups in total. The molecule has 0 aliphatic carbocycles. The minimum absolute atomic E-state index is 0.0266. The summed E-state index contributed by atoms with van der Waals surface area (Å²) in [5, 5.41) is 3.94. The van der Waals surface area contributed by atoms with E-state index in [4.69, 9.17) is 34.8 Å². The number of hydrogen-bond acceptors (Lipinski definition) is 4. The summed E-state index contributed by atoms with van der Waals surface area (Å²) >= 11 is 18.9. The van der Waals surface area contributed by atoms with E-state index >= 15 is 0 Å². The van der Waals surface area contributed by atoms with E-state index in [1.807, 2.05) is 19.9 Å². The molecule has 0 radical (unpaired) electrons. The quantitative estimate of drug-likeness (QED) is 0.207. The Morgan fingerprint density at radius 1 is 0.927 bits per heavy atom. The molecule has 1 atom stereocenters. The molecular weight excluding hydrogens is 605 g/mol. The van der Waals surface area contributed by atoms with Crippen molar-refractivity contribution in [2.45, 2.75) is 57.5 Å². The zero-order chi connectivity index (χ0) is 30.2. The minimum Gasteiger partial charge on any atom is -0.354 e. The lowest BCUT2D eigenvalue weighted by atomic mass is 10.1. The average molecular weight is 639 g/mol. The molecule has 0 fully saturated rings. The van der Waals surface area contributed by atoms with E-state index in [1.165, 1.54) is 29.2 Å². The third-order valence-electron chi connectivity index (χ3n) is 6.58. The molecule has 3 aromatic carbocycles. The number of carbonyl (C=O) groups excluding carboxylic acids is 2. The standard InChI is InChI=1S/C30H34Cl3N3O4S/c1-4-6-17-34-30(38)28(5-2)35(19-25-26(32)11-8-12-27(25)33)29(37)20-36(23-10-7-9-21(3)18-23)41(39,40)24-15-13-22(31)14-16-24/h7-16,18,28H,4-6,17,19-20H2,1-3H3,(H,34,38)/t28-/m0/s1. The van der Waals surface area contributed by atoms with Crippen LogP contribution in [0.3, 0.4) is 0 Å². The molecule has 0 unspecified atom stereocenters. The molecule has 2 amide bonds. The Hall–Kier alpha value is -2.78. The molecule has 41 heavy (non-hydrogen) atoms. The third kappa shape index (κ3) is 8.38. The van der Waals surface area contributed by atoms with Crippen LogP contribution in [-0.2, 0) is 26.2 Å². The number of nitrogens with zero attached hydrogens (tertiary/aromatic N) is 2. The van der Waals surface area contributed by atoms with E-state index in [1.54, 1.807) is 43.3 Å². The number of sulfonamides is 1. The Balaban J connectivity index is 2.08. The molecule has 0 spiro atoms. The van der Waals surface area contributed by atoms with Crippen molar-refractivity contribution in [1.82, 2.24) is 10.2 Å². The van der Waals surface area contributed by atoms with E-state index in [2.05, 4.69) is 5.32 Å². The molecule has 0 heterocycles. The Labute approximate surface area is 257 Å². The number of unbranched alkanes of at least 4 members (excludes halogenated alkanes) is 1. The number of amides is 2. The summed E-state index contributed by atoms with van der Waals surface area (Å²) in [5.74, 6) is -0.919. The van der Waals surface area contributed by atoms with Crippen molar-refractivity contribution in [1.29, 1.82) is 0 Å². The monoisotopic (exact) mass is 637 g/mol. The first kappa shape index (κ1) is 32.7. The molecule has 3 aromatic rings. The summed E-state index contributed by atoms with van der Waals surface area (Å²) < 4.78 is 28.9. The predicted molar refractivity (Wildman–Crippen MR) is 166 cm³/mol. The van der Waals surface area contributed by atoms with Crippen LogP contribution in [0, 0.1) is 6.92 Å². The molecule has 0 saturated carbocycles. The average Bonchev–Trinajstić information content (AvgIpc) is 2.93. The number of halogens is 3. The second kappa shape index (κ2) is 14.9. The van der Waals surface area contributed by atoms with Crippen LogP contribution in [0.15, 0.2) is 71.6 Å². The summed E-state index contributed by atoms with van der Waals surface area (Å²) in [6.07, 6.45) is 1.97. The van der Waals surface area contributed by atoms with Gasteiger partial charge < -0.3 is 10.2 Å². The first-order valence-corrected chi connectivity index (χ1v) is 15.9. The highest BCUT2D eigenvalue weighted by Crippen LogP contribution is 2.29. The van der Waals surface area contributed by atoms with Crippen LogP contribution < -0.4 is 9.62 Å². The van der Waals surface area contributed by atoms with Gasteiger partial charge in [0.05, 0.1) is 10.6 Å². The van der Waals surface area contributed by atoms with E-state index in [0.717, 1.165) is 22.7 Å². The van der Waals surface area contributed by atoms with Crippen molar-refractivity contribution in [2.75, 3.05) is 17.4 Å². The van der Waals surface area contributed by atoms with Crippen molar-refractivity contribution in [2.24, 2.45) is 0 Å². The topological polar surface area (TPSA) is 86.8 Å². The van der Waals surface area contributed by atoms with Gasteiger partial charge >= 0.3 is 0 Å². The van der Waals surface area contributed by atoms with E-state index < -0.39 is 28.5 Å². The minimum atomic E-state index is -4.20. The number of rotatable bonds is 13. The summed E-state index contributed by atoms with van der Waals surface area (Å²) in [5.41, 5.74) is 1.59. The largest absolute Gasteiger partial charge is 0.354 e. The fourth-order valence-corrected chi connectivity index (χ4v) is 6.37. The molecule has 0 aliphatic rings. The van der Waals surface area contributed by atoms with Crippen LogP contribution in [0.1, 0.15) is 44.2 Å². The lowest BCUT2D eigenvalue weighted by Gasteiger charge is -2.33. The highest BCUT2D eigenvalue weighted by atomic mass is 35.5. The summed E-state index contributed by atoms with van der Waals surface area (Å²) in [7, 11) is -4.20. The van der Waals surface area contributed by atoms with Crippen LogP contribution in [0.25, 0.3) is 0 Å². The molecule has 0 aromatic heterocycles. The van der Waals surface area contributed by atoms with E-state index in [0.29, 0.717) is 39.3 Å². The maximum absolute atomic E-state index is 14.1. The smallest absolute Gasteiger partial charge is 0.264 e. The number of nitrogens with one attached hydrogen (secondary N) is 1. The maximum atomic E-state index is 14.1. The third-order valence-corrected chi connectivity index (χ3v) is 9.32. The van der Waals surface area contributed by atoms with Gasteiger partial charge in [0.15, 0.2) is 0 Å². The summed E-state index contributed by atoms with van der Waals surface area (Å²) in [6, 6.07) is 16.7. The number of aryl methyl sites for hydroxylation is 1.